The molecule has 0 radical (unpaired) electrons. The Hall–Kier alpha value is -1.89. The van der Waals surface area contributed by atoms with Gasteiger partial charge in [-0.1, -0.05) is 6.92 Å². The molecule has 1 aromatic rings. The summed E-state index contributed by atoms with van der Waals surface area (Å²) in [6.07, 6.45) is 0.631. The molecule has 0 aliphatic rings. The predicted molar refractivity (Wildman–Crippen MR) is 72.6 cm³/mol. The Bertz CT molecular complexity index is 496. The Morgan fingerprint density at radius 3 is 2.58 bits per heavy atom. The first-order chi connectivity index (χ1) is 8.93. The normalized spacial score (nSPS) is 10.0. The van der Waals surface area contributed by atoms with Crippen molar-refractivity contribution >= 4 is 34.1 Å². The molecule has 7 heteroatoms. The van der Waals surface area contributed by atoms with Crippen molar-refractivity contribution in [3.8, 4) is 0 Å². The molecular weight excluding hydrogens is 268 g/mol. The molecule has 0 atom stereocenters. The summed E-state index contributed by atoms with van der Waals surface area (Å²) in [5.41, 5.74) is 0.377. The van der Waals surface area contributed by atoms with Crippen LogP contribution >= 0.6 is 11.3 Å². The van der Waals surface area contributed by atoms with Crippen LogP contribution in [0.5, 0.6) is 0 Å². The molecule has 3 N–H and O–H groups in total. The van der Waals surface area contributed by atoms with Crippen molar-refractivity contribution in [3.63, 3.8) is 0 Å². The van der Waals surface area contributed by atoms with Crippen molar-refractivity contribution in [3.05, 3.63) is 16.5 Å². The van der Waals surface area contributed by atoms with E-state index in [2.05, 4.69) is 10.6 Å². The number of carboxylic acid groups (broad SMARTS) is 1. The lowest BCUT2D eigenvalue weighted by molar-refractivity contribution is -0.136. The molecular formula is C12H16N2O4S. The van der Waals surface area contributed by atoms with E-state index in [9.17, 15) is 14.4 Å². The Labute approximate surface area is 114 Å². The van der Waals surface area contributed by atoms with Gasteiger partial charge < -0.3 is 15.7 Å². The Morgan fingerprint density at radius 1 is 1.37 bits per heavy atom. The van der Waals surface area contributed by atoms with Crippen molar-refractivity contribution in [2.24, 2.45) is 0 Å². The maximum absolute atomic E-state index is 11.9. The first-order valence-electron chi connectivity index (χ1n) is 5.84. The highest BCUT2D eigenvalue weighted by Crippen LogP contribution is 2.28. The van der Waals surface area contributed by atoms with E-state index in [-0.39, 0.29) is 24.8 Å². The molecule has 0 spiro atoms. The van der Waals surface area contributed by atoms with Gasteiger partial charge in [-0.15, -0.1) is 11.3 Å². The standard InChI is InChI=1S/C12H16N2O4S/c1-3-8-6-9(12(19-8)14-7(2)15)11(18)13-5-4-10(16)17/h6H,3-5H2,1-2H3,(H,13,18)(H,14,15)(H,16,17). The van der Waals surface area contributed by atoms with Crippen LogP contribution in [-0.4, -0.2) is 29.4 Å². The zero-order valence-electron chi connectivity index (χ0n) is 10.8. The molecule has 0 aromatic carbocycles. The SMILES string of the molecule is CCc1cc(C(=O)NCCC(=O)O)c(NC(C)=O)s1. The molecule has 0 aliphatic carbocycles. The number of hydrogen-bond donors (Lipinski definition) is 3. The average Bonchev–Trinajstić information content (AvgIpc) is 2.70. The molecule has 2 amide bonds. The first kappa shape index (κ1) is 15.2. The monoisotopic (exact) mass is 284 g/mol. The van der Waals surface area contributed by atoms with E-state index in [1.807, 2.05) is 6.92 Å². The molecule has 0 fully saturated rings. The van der Waals surface area contributed by atoms with Gasteiger partial charge in [0.2, 0.25) is 5.91 Å². The van der Waals surface area contributed by atoms with Gasteiger partial charge in [0.1, 0.15) is 5.00 Å². The van der Waals surface area contributed by atoms with Crippen LogP contribution in [0.2, 0.25) is 0 Å². The number of carbonyl (C=O) groups excluding carboxylic acids is 2. The third kappa shape index (κ3) is 4.70. The number of aryl methyl sites for hydroxylation is 1. The number of carboxylic acids is 1. The number of aliphatic carboxylic acids is 1. The molecule has 1 heterocycles. The second-order valence-electron chi connectivity index (χ2n) is 3.89. The van der Waals surface area contributed by atoms with E-state index in [1.54, 1.807) is 6.07 Å². The van der Waals surface area contributed by atoms with E-state index < -0.39 is 5.97 Å². The Morgan fingerprint density at radius 2 is 2.05 bits per heavy atom. The smallest absolute Gasteiger partial charge is 0.305 e. The molecule has 1 aromatic heterocycles. The molecule has 6 nitrogen and oxygen atoms in total. The minimum absolute atomic E-state index is 0.0605. The lowest BCUT2D eigenvalue weighted by atomic mass is 10.2. The van der Waals surface area contributed by atoms with Gasteiger partial charge >= 0.3 is 5.97 Å². The van der Waals surface area contributed by atoms with E-state index in [4.69, 9.17) is 5.11 Å². The van der Waals surface area contributed by atoms with Crippen molar-refractivity contribution in [1.82, 2.24) is 5.32 Å². The number of thiophene rings is 1. The number of hydrogen-bond acceptors (Lipinski definition) is 4. The van der Waals surface area contributed by atoms with Crippen molar-refractivity contribution in [2.75, 3.05) is 11.9 Å². The van der Waals surface area contributed by atoms with Crippen molar-refractivity contribution < 1.29 is 19.5 Å². The topological polar surface area (TPSA) is 95.5 Å². The number of nitrogens with one attached hydrogen (secondary N) is 2. The van der Waals surface area contributed by atoms with Crippen LogP contribution in [0.15, 0.2) is 6.07 Å². The fourth-order valence-electron chi connectivity index (χ4n) is 1.42. The molecule has 104 valence electrons. The van der Waals surface area contributed by atoms with Crippen LogP contribution in [-0.2, 0) is 16.0 Å². The van der Waals surface area contributed by atoms with Crippen LogP contribution in [0.3, 0.4) is 0 Å². The number of rotatable bonds is 6. The fourth-order valence-corrected chi connectivity index (χ4v) is 2.46. The summed E-state index contributed by atoms with van der Waals surface area (Å²) in [6, 6.07) is 1.71. The summed E-state index contributed by atoms with van der Waals surface area (Å²) in [5.74, 6) is -1.59. The fraction of sp³-hybridized carbons (Fsp3) is 0.417. The second-order valence-corrected chi connectivity index (χ2v) is 5.03. The molecule has 0 saturated heterocycles. The van der Waals surface area contributed by atoms with Crippen LogP contribution in [0.4, 0.5) is 5.00 Å². The molecule has 0 saturated carbocycles. The van der Waals surface area contributed by atoms with Gasteiger partial charge in [-0.25, -0.2) is 0 Å². The lowest BCUT2D eigenvalue weighted by Crippen LogP contribution is -2.26. The van der Waals surface area contributed by atoms with E-state index in [1.165, 1.54) is 18.3 Å². The number of carbonyl (C=O) groups is 3. The second kappa shape index (κ2) is 6.89. The van der Waals surface area contributed by atoms with Gasteiger partial charge in [-0.05, 0) is 12.5 Å². The molecule has 0 aliphatic heterocycles. The van der Waals surface area contributed by atoms with E-state index in [0.29, 0.717) is 10.6 Å². The van der Waals surface area contributed by atoms with Crippen molar-refractivity contribution in [2.45, 2.75) is 26.7 Å². The highest BCUT2D eigenvalue weighted by atomic mass is 32.1. The quantitative estimate of drug-likeness (QED) is 0.737. The summed E-state index contributed by atoms with van der Waals surface area (Å²) < 4.78 is 0. The minimum atomic E-state index is -0.970. The first-order valence-corrected chi connectivity index (χ1v) is 6.66. The van der Waals surface area contributed by atoms with Gasteiger partial charge in [0, 0.05) is 18.3 Å². The zero-order chi connectivity index (χ0) is 14.4. The van der Waals surface area contributed by atoms with E-state index >= 15 is 0 Å². The zero-order valence-corrected chi connectivity index (χ0v) is 11.6. The van der Waals surface area contributed by atoms with Crippen LogP contribution < -0.4 is 10.6 Å². The lowest BCUT2D eigenvalue weighted by Gasteiger charge is -2.04. The molecule has 1 rings (SSSR count). The van der Waals surface area contributed by atoms with Crippen LogP contribution in [0, 0.1) is 0 Å². The summed E-state index contributed by atoms with van der Waals surface area (Å²) in [6.45, 7) is 3.39. The van der Waals surface area contributed by atoms with E-state index in [0.717, 1.165) is 11.3 Å². The summed E-state index contributed by atoms with van der Waals surface area (Å²) >= 11 is 1.35. The third-order valence-electron chi connectivity index (χ3n) is 2.29. The Kier molecular flexibility index (Phi) is 5.50. The number of amides is 2. The average molecular weight is 284 g/mol. The van der Waals surface area contributed by atoms with Gasteiger partial charge in [0.15, 0.2) is 0 Å². The molecule has 19 heavy (non-hydrogen) atoms. The van der Waals surface area contributed by atoms with Crippen LogP contribution in [0.25, 0.3) is 0 Å². The van der Waals surface area contributed by atoms with Crippen LogP contribution in [0.1, 0.15) is 35.5 Å². The molecule has 0 bridgehead atoms. The minimum Gasteiger partial charge on any atom is -0.481 e. The number of anilines is 1. The van der Waals surface area contributed by atoms with Gasteiger partial charge in [0.25, 0.3) is 5.91 Å². The van der Waals surface area contributed by atoms with Gasteiger partial charge in [0.05, 0.1) is 12.0 Å². The third-order valence-corrected chi connectivity index (χ3v) is 3.48. The summed E-state index contributed by atoms with van der Waals surface area (Å²) in [7, 11) is 0. The van der Waals surface area contributed by atoms with Crippen molar-refractivity contribution in [1.29, 1.82) is 0 Å². The highest BCUT2D eigenvalue weighted by molar-refractivity contribution is 7.16. The maximum Gasteiger partial charge on any atom is 0.305 e. The van der Waals surface area contributed by atoms with Gasteiger partial charge in [-0.3, -0.25) is 14.4 Å². The summed E-state index contributed by atoms with van der Waals surface area (Å²) in [4.78, 5) is 34.3. The highest BCUT2D eigenvalue weighted by Gasteiger charge is 2.16. The summed E-state index contributed by atoms with van der Waals surface area (Å²) in [5, 5.41) is 14.1. The predicted octanol–water partition coefficient (Wildman–Crippen LogP) is 1.47. The maximum atomic E-state index is 11.9. The Balaban J connectivity index is 2.79. The largest absolute Gasteiger partial charge is 0.481 e. The molecule has 0 unspecified atom stereocenters. The van der Waals surface area contributed by atoms with Gasteiger partial charge in [-0.2, -0.15) is 0 Å².